The van der Waals surface area contributed by atoms with Crippen LogP contribution in [0.3, 0.4) is 0 Å². The number of methoxy groups -OCH3 is 1. The van der Waals surface area contributed by atoms with E-state index < -0.39 is 7.04 Å². The van der Waals surface area contributed by atoms with Gasteiger partial charge in [-0.2, -0.15) is 0 Å². The van der Waals surface area contributed by atoms with Gasteiger partial charge in [0.25, 0.3) is 0 Å². The van der Waals surface area contributed by atoms with Crippen LogP contribution >= 0.6 is 11.6 Å². The zero-order valence-electron chi connectivity index (χ0n) is 5.70. The maximum Gasteiger partial charge on any atom is 0.0597 e. The van der Waals surface area contributed by atoms with Crippen molar-refractivity contribution in [3.05, 3.63) is 0 Å². The maximum absolute atomic E-state index is 6.49. The lowest BCUT2D eigenvalue weighted by atomic mass is 10.9. The first-order chi connectivity index (χ1) is 3.56. The molecule has 0 atom stereocenters. The van der Waals surface area contributed by atoms with Crippen molar-refractivity contribution in [1.29, 1.82) is 0 Å². The molecule has 2 heteroatoms. The summed E-state index contributed by atoms with van der Waals surface area (Å²) in [5.41, 5.74) is 0. The van der Waals surface area contributed by atoms with Crippen molar-refractivity contribution in [3.63, 3.8) is 0 Å². The van der Waals surface area contributed by atoms with E-state index in [1.807, 2.05) is 0 Å². The highest BCUT2D eigenvalue weighted by Crippen LogP contribution is 1.70. The third-order valence-electron chi connectivity index (χ3n) is 0.179. The molecule has 0 N–H and O–H groups in total. The van der Waals surface area contributed by atoms with Crippen molar-refractivity contribution in [2.24, 2.45) is 0 Å². The van der Waals surface area contributed by atoms with Gasteiger partial charge >= 0.3 is 0 Å². The van der Waals surface area contributed by atoms with Gasteiger partial charge in [0, 0.05) is 12.9 Å². The fourth-order valence-corrected chi connectivity index (χ4v) is 0.116. The minimum atomic E-state index is -2.28. The highest BCUT2D eigenvalue weighted by atomic mass is 35.5. The van der Waals surface area contributed by atoms with E-state index in [0.717, 1.165) is 0 Å². The molecule has 0 aromatic heterocycles. The second-order valence-electron chi connectivity index (χ2n) is 0.537. The third-order valence-corrected chi connectivity index (χ3v) is 0.334. The predicted molar refractivity (Wildman–Crippen MR) is 22.6 cm³/mol. The maximum atomic E-state index is 6.49. The molecule has 0 unspecified atom stereocenters. The Morgan fingerprint density at radius 2 is 3.00 bits per heavy atom. The summed E-state index contributed by atoms with van der Waals surface area (Å²) in [6.07, 6.45) is 0. The molecule has 0 aromatic carbocycles. The van der Waals surface area contributed by atoms with Crippen molar-refractivity contribution >= 4 is 11.6 Å². The molecule has 5 heavy (non-hydrogen) atoms. The van der Waals surface area contributed by atoms with Crippen LogP contribution < -0.4 is 0 Å². The highest BCUT2D eigenvalue weighted by molar-refractivity contribution is 6.17. The van der Waals surface area contributed by atoms with Gasteiger partial charge in [-0.1, -0.05) is 0 Å². The molecule has 0 heterocycles. The Hall–Kier alpha value is 0.250. The molecule has 0 aromatic rings. The lowest BCUT2D eigenvalue weighted by molar-refractivity contribution is 0.218. The minimum Gasteiger partial charge on any atom is -0.383 e. The molecular formula is C3H7ClO. The van der Waals surface area contributed by atoms with Crippen LogP contribution in [0.5, 0.6) is 0 Å². The van der Waals surface area contributed by atoms with E-state index in [1.165, 1.54) is 0 Å². The Bertz CT molecular complexity index is 62.0. The molecule has 0 rings (SSSR count). The first kappa shape index (κ1) is 1.80. The Morgan fingerprint density at radius 3 is 3.20 bits per heavy atom. The van der Waals surface area contributed by atoms with E-state index in [1.54, 1.807) is 0 Å². The van der Waals surface area contributed by atoms with Gasteiger partial charge in [-0.25, -0.2) is 0 Å². The predicted octanol–water partition coefficient (Wildman–Crippen LogP) is 0.872. The van der Waals surface area contributed by atoms with Crippen LogP contribution in [0.2, 0.25) is 0 Å². The number of hydrogen-bond acceptors (Lipinski definition) is 1. The number of alkyl halides is 1. The lowest BCUT2D eigenvalue weighted by Gasteiger charge is -1.82. The quantitative estimate of drug-likeness (QED) is 0.465. The second kappa shape index (κ2) is 4.25. The first-order valence-electron chi connectivity index (χ1n) is 2.76. The molecule has 0 aliphatic heterocycles. The zero-order valence-corrected chi connectivity index (χ0v) is 3.46. The van der Waals surface area contributed by atoms with Crippen LogP contribution in [0, 0.1) is 0 Å². The molecule has 0 aliphatic carbocycles. The SMILES string of the molecule is [2H]C([2H])([2H])OCCCl. The standard InChI is InChI=1S/C3H7ClO/c1-5-3-2-4/h2-3H2,1H3/i1D3. The molecule has 0 bridgehead atoms. The lowest BCUT2D eigenvalue weighted by Crippen LogP contribution is -1.85. The number of ether oxygens (including phenoxy) is 1. The highest BCUT2D eigenvalue weighted by Gasteiger charge is 1.68. The Balaban J connectivity index is 3.11. The molecule has 0 amide bonds. The average Bonchev–Trinajstić information content (AvgIpc) is 1.59. The van der Waals surface area contributed by atoms with Crippen LogP contribution in [0.15, 0.2) is 0 Å². The number of halogens is 1. The average molecular weight is 97.6 g/mol. The topological polar surface area (TPSA) is 9.23 Å². The number of hydrogen-bond donors (Lipinski definition) is 0. The summed E-state index contributed by atoms with van der Waals surface area (Å²) in [6.45, 7) is 0.0814. The smallest absolute Gasteiger partial charge is 0.0597 e. The van der Waals surface area contributed by atoms with Crippen molar-refractivity contribution in [2.75, 3.05) is 19.5 Å². The van der Waals surface area contributed by atoms with E-state index in [4.69, 9.17) is 15.7 Å². The Kier molecular flexibility index (Phi) is 1.53. The largest absolute Gasteiger partial charge is 0.383 e. The van der Waals surface area contributed by atoms with E-state index in [9.17, 15) is 0 Å². The van der Waals surface area contributed by atoms with Gasteiger partial charge in [-0.15, -0.1) is 11.6 Å². The molecule has 0 aliphatic rings. The van der Waals surface area contributed by atoms with Crippen molar-refractivity contribution in [1.82, 2.24) is 0 Å². The van der Waals surface area contributed by atoms with Gasteiger partial charge in [0.1, 0.15) is 0 Å². The van der Waals surface area contributed by atoms with Crippen molar-refractivity contribution < 1.29 is 8.85 Å². The summed E-state index contributed by atoms with van der Waals surface area (Å²) < 4.78 is 23.7. The van der Waals surface area contributed by atoms with Gasteiger partial charge in [-0.3, -0.25) is 0 Å². The molecular weight excluding hydrogens is 87.5 g/mol. The van der Waals surface area contributed by atoms with Gasteiger partial charge in [-0.05, 0) is 0 Å². The van der Waals surface area contributed by atoms with Crippen molar-refractivity contribution in [3.8, 4) is 0 Å². The fourth-order valence-electron chi connectivity index (χ4n) is 0.0386. The normalized spacial score (nSPS) is 19.8. The van der Waals surface area contributed by atoms with Crippen LogP contribution in [-0.4, -0.2) is 19.5 Å². The van der Waals surface area contributed by atoms with E-state index in [2.05, 4.69) is 4.74 Å². The van der Waals surface area contributed by atoms with Gasteiger partial charge in [0.05, 0.1) is 10.7 Å². The van der Waals surface area contributed by atoms with Crippen LogP contribution in [-0.2, 0) is 4.74 Å². The first-order valence-corrected chi connectivity index (χ1v) is 1.79. The second-order valence-corrected chi connectivity index (χ2v) is 0.915. The fraction of sp³-hybridized carbons (Fsp3) is 1.00. The molecule has 32 valence electrons. The minimum absolute atomic E-state index is 0.0814. The van der Waals surface area contributed by atoms with Gasteiger partial charge in [0.15, 0.2) is 0 Å². The van der Waals surface area contributed by atoms with E-state index >= 15 is 0 Å². The summed E-state index contributed by atoms with van der Waals surface area (Å²) >= 11 is 5.13. The summed E-state index contributed by atoms with van der Waals surface area (Å²) in [5, 5.41) is 0. The molecule has 0 spiro atoms. The van der Waals surface area contributed by atoms with Crippen molar-refractivity contribution in [2.45, 2.75) is 0 Å². The van der Waals surface area contributed by atoms with Crippen LogP contribution in [0.4, 0.5) is 0 Å². The third kappa shape index (κ3) is 4.25. The van der Waals surface area contributed by atoms with Crippen LogP contribution in [0.25, 0.3) is 0 Å². The van der Waals surface area contributed by atoms with Crippen LogP contribution in [0.1, 0.15) is 4.11 Å². The molecule has 1 nitrogen and oxygen atoms in total. The summed E-state index contributed by atoms with van der Waals surface area (Å²) in [6, 6.07) is 0. The zero-order chi connectivity index (χ0) is 6.62. The summed E-state index contributed by atoms with van der Waals surface area (Å²) in [7, 11) is -2.28. The molecule has 0 saturated heterocycles. The summed E-state index contributed by atoms with van der Waals surface area (Å²) in [5.74, 6) is 0.221. The van der Waals surface area contributed by atoms with E-state index in [-0.39, 0.29) is 12.5 Å². The number of rotatable bonds is 2. The summed E-state index contributed by atoms with van der Waals surface area (Å²) in [4.78, 5) is 0. The molecule has 0 fully saturated rings. The molecule has 0 radical (unpaired) electrons. The van der Waals surface area contributed by atoms with Gasteiger partial charge < -0.3 is 4.74 Å². The monoisotopic (exact) mass is 97.0 g/mol. The molecule has 0 saturated carbocycles. The van der Waals surface area contributed by atoms with E-state index in [0.29, 0.717) is 0 Å². The van der Waals surface area contributed by atoms with Gasteiger partial charge in [0.2, 0.25) is 0 Å². The Morgan fingerprint density at radius 1 is 2.20 bits per heavy atom. The Labute approximate surface area is 41.1 Å².